The molecule has 1 atom stereocenters. The Kier molecular flexibility index (Phi) is 6.87. The first-order chi connectivity index (χ1) is 12.9. The molecule has 8 nitrogen and oxygen atoms in total. The van der Waals surface area contributed by atoms with Crippen molar-refractivity contribution in [2.75, 3.05) is 6.54 Å². The number of primary amides is 1. The van der Waals surface area contributed by atoms with E-state index >= 15 is 0 Å². The molecular weight excluding hydrogens is 350 g/mol. The number of amides is 2. The Bertz CT molecular complexity index is 810. The van der Waals surface area contributed by atoms with Gasteiger partial charge in [-0.3, -0.25) is 19.7 Å². The average molecular weight is 371 g/mol. The van der Waals surface area contributed by atoms with Gasteiger partial charge in [-0.05, 0) is 18.6 Å². The van der Waals surface area contributed by atoms with Crippen molar-refractivity contribution in [1.82, 2.24) is 4.90 Å². The third-order valence-corrected chi connectivity index (χ3v) is 3.87. The number of carbonyl (C=O) groups is 2. The monoisotopic (exact) mass is 371 g/mol. The van der Waals surface area contributed by atoms with E-state index in [0.29, 0.717) is 0 Å². The molecule has 1 unspecified atom stereocenters. The van der Waals surface area contributed by atoms with E-state index in [1.807, 2.05) is 30.3 Å². The fourth-order valence-electron chi connectivity index (χ4n) is 2.52. The minimum Gasteiger partial charge on any atom is -0.474 e. The van der Waals surface area contributed by atoms with E-state index < -0.39 is 22.8 Å². The molecule has 0 aliphatic heterocycles. The number of benzene rings is 2. The number of nitrogens with two attached hydrogens (primary N) is 1. The van der Waals surface area contributed by atoms with Crippen LogP contribution < -0.4 is 10.5 Å². The first-order valence-corrected chi connectivity index (χ1v) is 8.39. The molecule has 2 amide bonds. The maximum Gasteiger partial charge on any atom is 0.310 e. The summed E-state index contributed by atoms with van der Waals surface area (Å²) < 4.78 is 5.55. The maximum atomic E-state index is 12.8. The molecule has 0 heterocycles. The number of nitro groups is 1. The van der Waals surface area contributed by atoms with Crippen LogP contribution >= 0.6 is 0 Å². The molecule has 0 saturated carbocycles. The fraction of sp³-hybridized carbons (Fsp3) is 0.263. The largest absolute Gasteiger partial charge is 0.474 e. The van der Waals surface area contributed by atoms with Crippen molar-refractivity contribution in [2.45, 2.75) is 26.0 Å². The highest BCUT2D eigenvalue weighted by atomic mass is 16.6. The van der Waals surface area contributed by atoms with E-state index in [0.717, 1.165) is 5.56 Å². The number of hydrogen-bond donors (Lipinski definition) is 1. The van der Waals surface area contributed by atoms with Crippen LogP contribution in [0.25, 0.3) is 0 Å². The smallest absolute Gasteiger partial charge is 0.310 e. The molecule has 0 aliphatic carbocycles. The van der Waals surface area contributed by atoms with E-state index in [4.69, 9.17) is 10.5 Å². The summed E-state index contributed by atoms with van der Waals surface area (Å²) in [5.41, 5.74) is 5.87. The lowest BCUT2D eigenvalue weighted by Gasteiger charge is -2.26. The number of hydrogen-bond acceptors (Lipinski definition) is 5. The minimum absolute atomic E-state index is 0.0107. The number of nitro benzene ring substituents is 1. The predicted octanol–water partition coefficient (Wildman–Crippen LogP) is 2.27. The van der Waals surface area contributed by atoms with Crippen LogP contribution in [0, 0.1) is 10.1 Å². The fourth-order valence-corrected chi connectivity index (χ4v) is 2.52. The molecule has 2 aromatic carbocycles. The van der Waals surface area contributed by atoms with Crippen molar-refractivity contribution in [3.8, 4) is 5.75 Å². The van der Waals surface area contributed by atoms with E-state index in [2.05, 4.69) is 0 Å². The summed E-state index contributed by atoms with van der Waals surface area (Å²) in [7, 11) is 0. The van der Waals surface area contributed by atoms with E-state index in [1.54, 1.807) is 6.07 Å². The van der Waals surface area contributed by atoms with Gasteiger partial charge in [-0.15, -0.1) is 0 Å². The van der Waals surface area contributed by atoms with Crippen LogP contribution in [0.1, 0.15) is 18.9 Å². The van der Waals surface area contributed by atoms with Crippen molar-refractivity contribution in [3.63, 3.8) is 0 Å². The first kappa shape index (κ1) is 19.9. The second-order valence-electron chi connectivity index (χ2n) is 5.95. The van der Waals surface area contributed by atoms with Crippen LogP contribution in [0.4, 0.5) is 5.69 Å². The molecule has 2 rings (SSSR count). The average Bonchev–Trinajstić information content (AvgIpc) is 2.65. The molecule has 2 N–H and O–H groups in total. The minimum atomic E-state index is -0.970. The van der Waals surface area contributed by atoms with Gasteiger partial charge in [-0.1, -0.05) is 42.5 Å². The molecular formula is C19H21N3O5. The van der Waals surface area contributed by atoms with Gasteiger partial charge in [-0.25, -0.2) is 0 Å². The number of rotatable bonds is 9. The zero-order chi connectivity index (χ0) is 19.8. The maximum absolute atomic E-state index is 12.8. The summed E-state index contributed by atoms with van der Waals surface area (Å²) in [6.45, 7) is 1.92. The highest BCUT2D eigenvalue weighted by molar-refractivity contribution is 5.82. The molecule has 0 radical (unpaired) electrons. The molecule has 0 fully saturated rings. The Labute approximate surface area is 156 Å². The van der Waals surface area contributed by atoms with Gasteiger partial charge in [0.25, 0.3) is 5.91 Å². The molecule has 0 bridgehead atoms. The second-order valence-corrected chi connectivity index (χ2v) is 5.95. The molecule has 0 aliphatic rings. The normalized spacial score (nSPS) is 11.4. The van der Waals surface area contributed by atoms with Gasteiger partial charge in [0.2, 0.25) is 5.91 Å². The summed E-state index contributed by atoms with van der Waals surface area (Å²) in [5.74, 6) is -0.899. The van der Waals surface area contributed by atoms with Crippen molar-refractivity contribution in [1.29, 1.82) is 0 Å². The number of nitrogens with zero attached hydrogens (tertiary/aromatic N) is 2. The molecule has 2 aromatic rings. The van der Waals surface area contributed by atoms with Crippen LogP contribution in [0.3, 0.4) is 0 Å². The number of carbonyl (C=O) groups excluding carboxylic acids is 2. The summed E-state index contributed by atoms with van der Waals surface area (Å²) in [6.07, 6.45) is -0.959. The highest BCUT2D eigenvalue weighted by Crippen LogP contribution is 2.27. The van der Waals surface area contributed by atoms with Gasteiger partial charge in [0.15, 0.2) is 11.9 Å². The van der Waals surface area contributed by atoms with Crippen molar-refractivity contribution in [3.05, 3.63) is 70.3 Å². The van der Waals surface area contributed by atoms with Gasteiger partial charge in [-0.2, -0.15) is 0 Å². The molecule has 27 heavy (non-hydrogen) atoms. The van der Waals surface area contributed by atoms with Gasteiger partial charge in [0.05, 0.1) is 4.92 Å². The van der Waals surface area contributed by atoms with Gasteiger partial charge in [0.1, 0.15) is 0 Å². The molecule has 8 heteroatoms. The molecule has 0 spiro atoms. The van der Waals surface area contributed by atoms with Crippen LogP contribution in [-0.4, -0.2) is 34.3 Å². The van der Waals surface area contributed by atoms with Crippen LogP contribution in [0.15, 0.2) is 54.6 Å². The summed E-state index contributed by atoms with van der Waals surface area (Å²) in [5, 5.41) is 11.1. The van der Waals surface area contributed by atoms with E-state index in [9.17, 15) is 19.7 Å². The Balaban J connectivity index is 2.15. The highest BCUT2D eigenvalue weighted by Gasteiger charge is 2.25. The number of ether oxygens (including phenoxy) is 1. The lowest BCUT2D eigenvalue weighted by Crippen LogP contribution is -2.41. The van der Waals surface area contributed by atoms with E-state index in [-0.39, 0.29) is 30.9 Å². The van der Waals surface area contributed by atoms with Gasteiger partial charge >= 0.3 is 5.69 Å². The SMILES string of the molecule is CC(Oc1ccccc1[N+](=O)[O-])C(=O)N(CCC(N)=O)Cc1ccccc1. The zero-order valence-corrected chi connectivity index (χ0v) is 14.9. The van der Waals surface area contributed by atoms with Crippen LogP contribution in [0.5, 0.6) is 5.75 Å². The Morgan fingerprint density at radius 2 is 1.78 bits per heavy atom. The van der Waals surface area contributed by atoms with Crippen molar-refractivity contribution in [2.24, 2.45) is 5.73 Å². The van der Waals surface area contributed by atoms with E-state index in [1.165, 1.54) is 30.0 Å². The van der Waals surface area contributed by atoms with Crippen LogP contribution in [-0.2, 0) is 16.1 Å². The quantitative estimate of drug-likeness (QED) is 0.536. The van der Waals surface area contributed by atoms with Crippen LogP contribution in [0.2, 0.25) is 0 Å². The Morgan fingerprint density at radius 3 is 2.41 bits per heavy atom. The lowest BCUT2D eigenvalue weighted by molar-refractivity contribution is -0.386. The second kappa shape index (κ2) is 9.33. The standard InChI is InChI=1S/C19H21N3O5/c1-14(27-17-10-6-5-9-16(17)22(25)26)19(24)21(12-11-18(20)23)13-15-7-3-2-4-8-15/h2-10,14H,11-13H2,1H3,(H2,20,23). The van der Waals surface area contributed by atoms with Crippen molar-refractivity contribution < 1.29 is 19.2 Å². The third-order valence-electron chi connectivity index (χ3n) is 3.87. The zero-order valence-electron chi connectivity index (χ0n) is 14.9. The summed E-state index contributed by atoms with van der Waals surface area (Å²) >= 11 is 0. The van der Waals surface area contributed by atoms with Gasteiger partial charge < -0.3 is 15.4 Å². The van der Waals surface area contributed by atoms with Crippen molar-refractivity contribution >= 4 is 17.5 Å². The molecule has 142 valence electrons. The number of para-hydroxylation sites is 2. The lowest BCUT2D eigenvalue weighted by atomic mass is 10.2. The molecule has 0 aromatic heterocycles. The molecule has 0 saturated heterocycles. The summed E-state index contributed by atoms with van der Waals surface area (Å²) in [6, 6.07) is 15.1. The Hall–Kier alpha value is -3.42. The third kappa shape index (κ3) is 5.81. The first-order valence-electron chi connectivity index (χ1n) is 8.39. The topological polar surface area (TPSA) is 116 Å². The van der Waals surface area contributed by atoms with Gasteiger partial charge in [0, 0.05) is 25.6 Å². The summed E-state index contributed by atoms with van der Waals surface area (Å²) in [4.78, 5) is 36.0. The predicted molar refractivity (Wildman–Crippen MR) is 98.9 cm³/mol. The Morgan fingerprint density at radius 1 is 1.15 bits per heavy atom.